The van der Waals surface area contributed by atoms with Crippen LogP contribution < -0.4 is 10.0 Å². The van der Waals surface area contributed by atoms with Crippen molar-refractivity contribution < 1.29 is 31.5 Å². The Balaban J connectivity index is 0.000000298. The molecule has 0 aliphatic carbocycles. The molecule has 0 radical (unpaired) electrons. The normalized spacial score (nSPS) is 17.6. The van der Waals surface area contributed by atoms with E-state index in [2.05, 4.69) is 10.0 Å². The fourth-order valence-corrected chi connectivity index (χ4v) is 3.68. The quantitative estimate of drug-likeness (QED) is 0.746. The minimum Gasteiger partial charge on any atom is -0.475 e. The zero-order chi connectivity index (χ0) is 19.4. The van der Waals surface area contributed by atoms with Crippen LogP contribution in [0.1, 0.15) is 6.42 Å². The third-order valence-corrected chi connectivity index (χ3v) is 5.17. The van der Waals surface area contributed by atoms with Crippen LogP contribution in [0.15, 0.2) is 47.4 Å². The van der Waals surface area contributed by atoms with Crippen molar-refractivity contribution in [3.8, 4) is 0 Å². The molecule has 0 bridgehead atoms. The van der Waals surface area contributed by atoms with Crippen molar-refractivity contribution >= 4 is 26.8 Å². The zero-order valence-electron chi connectivity index (χ0n) is 13.5. The standard InChI is InChI=1S/C14H16N2O2S.C2HF3O2/c17-19(18,16-13-7-8-15-10-13)14-6-5-11-3-1-2-4-12(11)9-14;3-2(4,5)1(6)7/h1-6,9,13,15-16H,7-8,10H2;(H,6,7)/t13-;/m0./s1. The maximum Gasteiger partial charge on any atom is 0.490 e. The maximum atomic E-state index is 12.3. The summed E-state index contributed by atoms with van der Waals surface area (Å²) in [4.78, 5) is 9.23. The summed E-state index contributed by atoms with van der Waals surface area (Å²) in [7, 11) is -3.43. The van der Waals surface area contributed by atoms with Crippen molar-refractivity contribution in [2.75, 3.05) is 13.1 Å². The summed E-state index contributed by atoms with van der Waals surface area (Å²) >= 11 is 0. The number of rotatable bonds is 3. The van der Waals surface area contributed by atoms with E-state index < -0.39 is 22.2 Å². The number of fused-ring (bicyclic) bond motifs is 1. The van der Waals surface area contributed by atoms with E-state index in [0.29, 0.717) is 11.4 Å². The summed E-state index contributed by atoms with van der Waals surface area (Å²) < 4.78 is 59.1. The molecule has 142 valence electrons. The number of sulfonamides is 1. The number of aliphatic carboxylic acids is 1. The Kier molecular flexibility index (Phi) is 6.21. The summed E-state index contributed by atoms with van der Waals surface area (Å²) in [6.45, 7) is 1.57. The molecule has 2 aromatic carbocycles. The Bertz CT molecular complexity index is 878. The number of halogens is 3. The van der Waals surface area contributed by atoms with Gasteiger partial charge in [0.1, 0.15) is 0 Å². The molecular weight excluding hydrogens is 373 g/mol. The highest BCUT2D eigenvalue weighted by Gasteiger charge is 2.38. The smallest absolute Gasteiger partial charge is 0.475 e. The molecule has 6 nitrogen and oxygen atoms in total. The van der Waals surface area contributed by atoms with Crippen LogP contribution in [0.2, 0.25) is 0 Å². The second kappa shape index (κ2) is 8.02. The lowest BCUT2D eigenvalue weighted by atomic mass is 10.1. The molecule has 3 rings (SSSR count). The first kappa shape index (κ1) is 20.1. The topological polar surface area (TPSA) is 95.5 Å². The highest BCUT2D eigenvalue weighted by molar-refractivity contribution is 7.89. The monoisotopic (exact) mass is 390 g/mol. The molecule has 2 aromatic rings. The van der Waals surface area contributed by atoms with Gasteiger partial charge in [-0.1, -0.05) is 30.3 Å². The minimum atomic E-state index is -5.08. The van der Waals surface area contributed by atoms with Gasteiger partial charge in [0, 0.05) is 12.6 Å². The molecule has 1 fully saturated rings. The summed E-state index contributed by atoms with van der Waals surface area (Å²) in [5.74, 6) is -2.76. The van der Waals surface area contributed by atoms with Crippen molar-refractivity contribution in [3.63, 3.8) is 0 Å². The van der Waals surface area contributed by atoms with Crippen LogP contribution in [0.3, 0.4) is 0 Å². The van der Waals surface area contributed by atoms with Gasteiger partial charge in [-0.05, 0) is 35.9 Å². The number of carboxylic acid groups (broad SMARTS) is 1. The molecule has 1 saturated heterocycles. The summed E-state index contributed by atoms with van der Waals surface area (Å²) in [5.41, 5.74) is 0. The van der Waals surface area contributed by atoms with Crippen molar-refractivity contribution in [2.45, 2.75) is 23.5 Å². The molecule has 0 aromatic heterocycles. The molecule has 1 aliphatic rings. The van der Waals surface area contributed by atoms with Gasteiger partial charge in [-0.3, -0.25) is 0 Å². The first-order valence-electron chi connectivity index (χ1n) is 7.61. The van der Waals surface area contributed by atoms with Crippen LogP contribution in [0.4, 0.5) is 13.2 Å². The fourth-order valence-electron chi connectivity index (χ4n) is 2.38. The van der Waals surface area contributed by atoms with Crippen LogP contribution in [-0.2, 0) is 14.8 Å². The Morgan fingerprint density at radius 1 is 1.15 bits per heavy atom. The Labute approximate surface area is 148 Å². The van der Waals surface area contributed by atoms with Gasteiger partial charge in [0.2, 0.25) is 10.0 Å². The molecule has 0 saturated carbocycles. The van der Waals surface area contributed by atoms with E-state index in [0.717, 1.165) is 23.7 Å². The largest absolute Gasteiger partial charge is 0.490 e. The third kappa shape index (κ3) is 5.41. The third-order valence-electron chi connectivity index (χ3n) is 3.66. The highest BCUT2D eigenvalue weighted by atomic mass is 32.2. The number of alkyl halides is 3. The Hall–Kier alpha value is -2.17. The molecule has 0 amide bonds. The van der Waals surface area contributed by atoms with Gasteiger partial charge >= 0.3 is 12.1 Å². The van der Waals surface area contributed by atoms with E-state index in [1.165, 1.54) is 0 Å². The SMILES string of the molecule is O=C(O)C(F)(F)F.O=S(=O)(N[C@H]1CCNC1)c1ccc2ccccc2c1. The van der Waals surface area contributed by atoms with Crippen molar-refractivity contribution in [1.29, 1.82) is 0 Å². The number of hydrogen-bond donors (Lipinski definition) is 3. The second-order valence-corrected chi connectivity index (χ2v) is 7.34. The fraction of sp³-hybridized carbons (Fsp3) is 0.312. The number of nitrogens with one attached hydrogen (secondary N) is 2. The van der Waals surface area contributed by atoms with E-state index in [9.17, 15) is 21.6 Å². The van der Waals surface area contributed by atoms with Crippen LogP contribution in [0, 0.1) is 0 Å². The van der Waals surface area contributed by atoms with E-state index >= 15 is 0 Å². The lowest BCUT2D eigenvalue weighted by molar-refractivity contribution is -0.192. The van der Waals surface area contributed by atoms with Gasteiger partial charge in [0.15, 0.2) is 0 Å². The van der Waals surface area contributed by atoms with Crippen molar-refractivity contribution in [1.82, 2.24) is 10.0 Å². The van der Waals surface area contributed by atoms with E-state index in [4.69, 9.17) is 9.90 Å². The lowest BCUT2D eigenvalue weighted by Crippen LogP contribution is -2.36. The molecule has 0 unspecified atom stereocenters. The molecule has 26 heavy (non-hydrogen) atoms. The van der Waals surface area contributed by atoms with Crippen LogP contribution in [0.5, 0.6) is 0 Å². The predicted molar refractivity (Wildman–Crippen MR) is 89.2 cm³/mol. The highest BCUT2D eigenvalue weighted by Crippen LogP contribution is 2.19. The minimum absolute atomic E-state index is 0.00327. The van der Waals surface area contributed by atoms with Crippen LogP contribution in [-0.4, -0.2) is 44.8 Å². The van der Waals surface area contributed by atoms with Gasteiger partial charge < -0.3 is 10.4 Å². The average molecular weight is 390 g/mol. The number of carbonyl (C=O) groups is 1. The van der Waals surface area contributed by atoms with Gasteiger partial charge in [0.25, 0.3) is 0 Å². The molecular formula is C16H17F3N2O4S. The van der Waals surface area contributed by atoms with Gasteiger partial charge in [-0.15, -0.1) is 0 Å². The summed E-state index contributed by atoms with van der Waals surface area (Å²) in [5, 5.41) is 12.3. The van der Waals surface area contributed by atoms with E-state index in [1.54, 1.807) is 12.1 Å². The first-order valence-corrected chi connectivity index (χ1v) is 9.10. The number of hydrogen-bond acceptors (Lipinski definition) is 4. The predicted octanol–water partition coefficient (Wildman–Crippen LogP) is 2.11. The second-order valence-electron chi connectivity index (χ2n) is 5.62. The van der Waals surface area contributed by atoms with Gasteiger partial charge in [0.05, 0.1) is 4.90 Å². The number of carboxylic acids is 1. The van der Waals surface area contributed by atoms with Crippen molar-refractivity contribution in [3.05, 3.63) is 42.5 Å². The maximum absolute atomic E-state index is 12.3. The molecule has 1 aliphatic heterocycles. The Morgan fingerprint density at radius 3 is 2.31 bits per heavy atom. The summed E-state index contributed by atoms with van der Waals surface area (Å²) in [6, 6.07) is 13.0. The molecule has 1 heterocycles. The molecule has 1 atom stereocenters. The lowest BCUT2D eigenvalue weighted by Gasteiger charge is -2.12. The van der Waals surface area contributed by atoms with Gasteiger partial charge in [-0.25, -0.2) is 17.9 Å². The zero-order valence-corrected chi connectivity index (χ0v) is 14.3. The van der Waals surface area contributed by atoms with Crippen LogP contribution >= 0.6 is 0 Å². The first-order chi connectivity index (χ1) is 12.1. The Morgan fingerprint density at radius 2 is 1.77 bits per heavy atom. The van der Waals surface area contributed by atoms with Crippen LogP contribution in [0.25, 0.3) is 10.8 Å². The van der Waals surface area contributed by atoms with Crippen molar-refractivity contribution in [2.24, 2.45) is 0 Å². The molecule has 0 spiro atoms. The van der Waals surface area contributed by atoms with Gasteiger partial charge in [-0.2, -0.15) is 13.2 Å². The average Bonchev–Trinajstić information content (AvgIpc) is 3.06. The van der Waals surface area contributed by atoms with E-state index in [-0.39, 0.29) is 6.04 Å². The van der Waals surface area contributed by atoms with E-state index in [1.807, 2.05) is 30.3 Å². The molecule has 10 heteroatoms. The number of benzene rings is 2. The summed E-state index contributed by atoms with van der Waals surface area (Å²) in [6.07, 6.45) is -4.24. The molecule has 3 N–H and O–H groups in total.